The van der Waals surface area contributed by atoms with Crippen LogP contribution in [0.5, 0.6) is 0 Å². The molecule has 2 heteroatoms. The predicted molar refractivity (Wildman–Crippen MR) is 77.5 cm³/mol. The fourth-order valence-electron chi connectivity index (χ4n) is 2.51. The molecule has 0 aliphatic carbocycles. The Hall–Kier alpha value is -0.860. The van der Waals surface area contributed by atoms with E-state index in [2.05, 4.69) is 55.3 Å². The highest BCUT2D eigenvalue weighted by Crippen LogP contribution is 2.18. The van der Waals surface area contributed by atoms with Gasteiger partial charge >= 0.3 is 0 Å². The summed E-state index contributed by atoms with van der Waals surface area (Å²) in [6.07, 6.45) is 1.36. The monoisotopic (exact) mass is 246 g/mol. The summed E-state index contributed by atoms with van der Waals surface area (Å²) in [7, 11) is 0. The lowest BCUT2D eigenvalue weighted by molar-refractivity contribution is 0.320. The molecule has 2 nitrogen and oxygen atoms in total. The zero-order valence-corrected chi connectivity index (χ0v) is 11.9. The molecule has 0 radical (unpaired) electrons. The van der Waals surface area contributed by atoms with E-state index in [-0.39, 0.29) is 0 Å². The Balaban J connectivity index is 1.83. The predicted octanol–water partition coefficient (Wildman–Crippen LogP) is 3.03. The van der Waals surface area contributed by atoms with Crippen molar-refractivity contribution in [3.63, 3.8) is 0 Å². The minimum Gasteiger partial charge on any atom is -0.310 e. The first-order valence-corrected chi connectivity index (χ1v) is 7.17. The number of hydrogen-bond donors (Lipinski definition) is 1. The van der Waals surface area contributed by atoms with Crippen LogP contribution in [0.2, 0.25) is 0 Å². The van der Waals surface area contributed by atoms with Gasteiger partial charge in [-0.25, -0.2) is 0 Å². The first-order valence-electron chi connectivity index (χ1n) is 7.17. The van der Waals surface area contributed by atoms with Crippen LogP contribution in [-0.4, -0.2) is 24.0 Å². The number of nitrogens with zero attached hydrogens (tertiary/aromatic N) is 1. The summed E-state index contributed by atoms with van der Waals surface area (Å²) < 4.78 is 0. The average molecular weight is 246 g/mol. The standard InChI is InChI=1S/C16H26N2/c1-13(2)17-10-15-4-6-16(7-5-15)12-18-9-8-14(3)11-18/h4-7,13-14,17H,8-12H2,1-3H3. The van der Waals surface area contributed by atoms with Gasteiger partial charge in [-0.2, -0.15) is 0 Å². The van der Waals surface area contributed by atoms with Crippen LogP contribution >= 0.6 is 0 Å². The van der Waals surface area contributed by atoms with E-state index < -0.39 is 0 Å². The van der Waals surface area contributed by atoms with E-state index in [9.17, 15) is 0 Å². The molecule has 1 fully saturated rings. The maximum Gasteiger partial charge on any atom is 0.0233 e. The van der Waals surface area contributed by atoms with Crippen LogP contribution in [0.3, 0.4) is 0 Å². The third-order valence-electron chi connectivity index (χ3n) is 3.65. The summed E-state index contributed by atoms with van der Waals surface area (Å²) in [5.41, 5.74) is 2.82. The Morgan fingerprint density at radius 1 is 1.22 bits per heavy atom. The van der Waals surface area contributed by atoms with Gasteiger partial charge in [-0.05, 0) is 30.0 Å². The summed E-state index contributed by atoms with van der Waals surface area (Å²) in [4.78, 5) is 2.56. The van der Waals surface area contributed by atoms with Crippen molar-refractivity contribution in [2.45, 2.75) is 46.3 Å². The van der Waals surface area contributed by atoms with Crippen molar-refractivity contribution in [2.75, 3.05) is 13.1 Å². The molecular formula is C16H26N2. The first-order chi connectivity index (χ1) is 8.63. The van der Waals surface area contributed by atoms with Gasteiger partial charge in [0.25, 0.3) is 0 Å². The molecule has 1 saturated heterocycles. The minimum atomic E-state index is 0.552. The van der Waals surface area contributed by atoms with Gasteiger partial charge in [-0.3, -0.25) is 4.90 Å². The van der Waals surface area contributed by atoms with E-state index in [0.29, 0.717) is 6.04 Å². The first kappa shape index (κ1) is 13.6. The average Bonchev–Trinajstić information content (AvgIpc) is 2.74. The van der Waals surface area contributed by atoms with Gasteiger partial charge in [0.1, 0.15) is 0 Å². The summed E-state index contributed by atoms with van der Waals surface area (Å²) in [6.45, 7) is 11.3. The van der Waals surface area contributed by atoms with Gasteiger partial charge < -0.3 is 5.32 Å². The van der Waals surface area contributed by atoms with E-state index in [1.807, 2.05) is 0 Å². The molecular weight excluding hydrogens is 220 g/mol. The summed E-state index contributed by atoms with van der Waals surface area (Å²) >= 11 is 0. The molecule has 0 bridgehead atoms. The lowest BCUT2D eigenvalue weighted by atomic mass is 10.1. The van der Waals surface area contributed by atoms with Crippen molar-refractivity contribution >= 4 is 0 Å². The third-order valence-corrected chi connectivity index (χ3v) is 3.65. The van der Waals surface area contributed by atoms with Gasteiger partial charge in [0.05, 0.1) is 0 Å². The van der Waals surface area contributed by atoms with Gasteiger partial charge in [-0.1, -0.05) is 45.0 Å². The molecule has 1 aromatic carbocycles. The Morgan fingerprint density at radius 2 is 1.89 bits per heavy atom. The van der Waals surface area contributed by atoms with Crippen molar-refractivity contribution in [2.24, 2.45) is 5.92 Å². The molecule has 2 rings (SSSR count). The van der Waals surface area contributed by atoms with Crippen LogP contribution in [0.15, 0.2) is 24.3 Å². The van der Waals surface area contributed by atoms with E-state index >= 15 is 0 Å². The molecule has 0 spiro atoms. The summed E-state index contributed by atoms with van der Waals surface area (Å²) in [5, 5.41) is 3.45. The van der Waals surface area contributed by atoms with Crippen molar-refractivity contribution in [3.05, 3.63) is 35.4 Å². The molecule has 0 aromatic heterocycles. The van der Waals surface area contributed by atoms with Gasteiger partial charge in [0.2, 0.25) is 0 Å². The fourth-order valence-corrected chi connectivity index (χ4v) is 2.51. The lowest BCUT2D eigenvalue weighted by Crippen LogP contribution is -2.22. The largest absolute Gasteiger partial charge is 0.310 e. The van der Waals surface area contributed by atoms with Gasteiger partial charge in [0, 0.05) is 25.7 Å². The van der Waals surface area contributed by atoms with Crippen LogP contribution in [0.1, 0.15) is 38.3 Å². The van der Waals surface area contributed by atoms with Crippen molar-refractivity contribution < 1.29 is 0 Å². The molecule has 1 aliphatic rings. The number of nitrogens with one attached hydrogen (secondary N) is 1. The fraction of sp³-hybridized carbons (Fsp3) is 0.625. The number of rotatable bonds is 5. The molecule has 100 valence electrons. The zero-order chi connectivity index (χ0) is 13.0. The minimum absolute atomic E-state index is 0.552. The Labute approximate surface area is 111 Å². The van der Waals surface area contributed by atoms with Gasteiger partial charge in [-0.15, -0.1) is 0 Å². The van der Waals surface area contributed by atoms with Crippen molar-refractivity contribution in [1.82, 2.24) is 10.2 Å². The van der Waals surface area contributed by atoms with Gasteiger partial charge in [0.15, 0.2) is 0 Å². The van der Waals surface area contributed by atoms with Crippen LogP contribution in [0.25, 0.3) is 0 Å². The van der Waals surface area contributed by atoms with E-state index in [1.54, 1.807) is 0 Å². The SMILES string of the molecule is CC1CCN(Cc2ccc(CNC(C)C)cc2)C1. The number of benzene rings is 1. The maximum atomic E-state index is 3.45. The smallest absolute Gasteiger partial charge is 0.0233 e. The van der Waals surface area contributed by atoms with E-state index in [1.165, 1.54) is 30.6 Å². The van der Waals surface area contributed by atoms with Crippen molar-refractivity contribution in [1.29, 1.82) is 0 Å². The topological polar surface area (TPSA) is 15.3 Å². The van der Waals surface area contributed by atoms with Crippen LogP contribution in [-0.2, 0) is 13.1 Å². The zero-order valence-electron chi connectivity index (χ0n) is 11.9. The Morgan fingerprint density at radius 3 is 2.44 bits per heavy atom. The molecule has 0 amide bonds. The second-order valence-corrected chi connectivity index (χ2v) is 5.98. The highest BCUT2D eigenvalue weighted by Gasteiger charge is 2.18. The summed E-state index contributed by atoms with van der Waals surface area (Å²) in [6, 6.07) is 9.62. The van der Waals surface area contributed by atoms with Crippen LogP contribution in [0, 0.1) is 5.92 Å². The molecule has 1 N–H and O–H groups in total. The van der Waals surface area contributed by atoms with E-state index in [4.69, 9.17) is 0 Å². The van der Waals surface area contributed by atoms with Crippen molar-refractivity contribution in [3.8, 4) is 0 Å². The molecule has 18 heavy (non-hydrogen) atoms. The highest BCUT2D eigenvalue weighted by molar-refractivity contribution is 5.22. The number of likely N-dealkylation sites (tertiary alicyclic amines) is 1. The number of hydrogen-bond acceptors (Lipinski definition) is 2. The second-order valence-electron chi connectivity index (χ2n) is 5.98. The molecule has 1 aliphatic heterocycles. The van der Waals surface area contributed by atoms with Crippen LogP contribution < -0.4 is 5.32 Å². The third kappa shape index (κ3) is 4.11. The second kappa shape index (κ2) is 6.35. The summed E-state index contributed by atoms with van der Waals surface area (Å²) in [5.74, 6) is 0.875. The lowest BCUT2D eigenvalue weighted by Gasteiger charge is -2.15. The molecule has 1 aromatic rings. The normalized spacial score (nSPS) is 20.8. The molecule has 1 atom stereocenters. The quantitative estimate of drug-likeness (QED) is 0.859. The molecule has 0 saturated carbocycles. The van der Waals surface area contributed by atoms with Crippen LogP contribution in [0.4, 0.5) is 0 Å². The van der Waals surface area contributed by atoms with E-state index in [0.717, 1.165) is 19.0 Å². The Bertz CT molecular complexity index is 356. The molecule has 1 unspecified atom stereocenters. The Kier molecular flexibility index (Phi) is 4.79. The highest BCUT2D eigenvalue weighted by atomic mass is 15.1. The molecule has 1 heterocycles. The maximum absolute atomic E-state index is 3.45.